The van der Waals surface area contributed by atoms with Gasteiger partial charge in [-0.2, -0.15) is 0 Å². The number of sulfonamides is 1. The predicted molar refractivity (Wildman–Crippen MR) is 126 cm³/mol. The largest absolute Gasteiger partial charge is 0.336 e. The van der Waals surface area contributed by atoms with Gasteiger partial charge >= 0.3 is 0 Å². The Hall–Kier alpha value is -3.23. The number of carbonyl (C=O) groups is 1. The highest BCUT2D eigenvalue weighted by Gasteiger charge is 2.23. The fraction of sp³-hybridized carbons (Fsp3) is 0.240. The summed E-state index contributed by atoms with van der Waals surface area (Å²) in [6, 6.07) is 19.3. The molecule has 6 nitrogen and oxygen atoms in total. The summed E-state index contributed by atoms with van der Waals surface area (Å²) in [6.45, 7) is 5.78. The predicted octanol–water partition coefficient (Wildman–Crippen LogP) is 3.89. The zero-order valence-electron chi connectivity index (χ0n) is 18.4. The van der Waals surface area contributed by atoms with Crippen molar-refractivity contribution in [2.75, 3.05) is 30.9 Å². The fourth-order valence-corrected chi connectivity index (χ4v) is 4.89. The van der Waals surface area contributed by atoms with Gasteiger partial charge in [0.05, 0.1) is 4.90 Å². The van der Waals surface area contributed by atoms with Gasteiger partial charge in [0.1, 0.15) is 5.82 Å². The number of piperazine rings is 1. The van der Waals surface area contributed by atoms with Crippen molar-refractivity contribution in [2.45, 2.75) is 18.4 Å². The molecule has 0 saturated carbocycles. The van der Waals surface area contributed by atoms with E-state index in [2.05, 4.69) is 28.7 Å². The van der Waals surface area contributed by atoms with Gasteiger partial charge in [-0.15, -0.1) is 0 Å². The topological polar surface area (TPSA) is 69.7 Å². The molecule has 0 atom stereocenters. The van der Waals surface area contributed by atoms with E-state index in [0.717, 1.165) is 19.6 Å². The molecule has 0 aliphatic carbocycles. The second-order valence-electron chi connectivity index (χ2n) is 8.13. The Balaban J connectivity index is 1.35. The van der Waals surface area contributed by atoms with Gasteiger partial charge in [0.15, 0.2) is 0 Å². The number of carbonyl (C=O) groups excluding carboxylic acids is 1. The van der Waals surface area contributed by atoms with Crippen molar-refractivity contribution in [1.82, 2.24) is 9.80 Å². The van der Waals surface area contributed by atoms with Gasteiger partial charge in [0, 0.05) is 44.0 Å². The third kappa shape index (κ3) is 5.58. The molecule has 4 rings (SSSR count). The smallest absolute Gasteiger partial charge is 0.261 e. The van der Waals surface area contributed by atoms with Crippen molar-refractivity contribution in [2.24, 2.45) is 0 Å². The lowest BCUT2D eigenvalue weighted by molar-refractivity contribution is 0.0628. The first-order valence-electron chi connectivity index (χ1n) is 10.8. The minimum Gasteiger partial charge on any atom is -0.336 e. The Kier molecular flexibility index (Phi) is 6.76. The Bertz CT molecular complexity index is 1220. The molecule has 0 spiro atoms. The van der Waals surface area contributed by atoms with Crippen LogP contribution in [0.5, 0.6) is 0 Å². The molecule has 1 N–H and O–H groups in total. The van der Waals surface area contributed by atoms with Gasteiger partial charge in [0.25, 0.3) is 15.9 Å². The fourth-order valence-electron chi connectivity index (χ4n) is 3.83. The summed E-state index contributed by atoms with van der Waals surface area (Å²) in [5.41, 5.74) is 3.27. The number of amides is 1. The lowest BCUT2D eigenvalue weighted by atomic mass is 10.1. The highest BCUT2D eigenvalue weighted by atomic mass is 32.2. The van der Waals surface area contributed by atoms with E-state index in [-0.39, 0.29) is 16.5 Å². The molecule has 33 heavy (non-hydrogen) atoms. The summed E-state index contributed by atoms with van der Waals surface area (Å²) in [5, 5.41) is 0. The van der Waals surface area contributed by atoms with E-state index >= 15 is 0 Å². The first kappa shape index (κ1) is 22.9. The van der Waals surface area contributed by atoms with Crippen molar-refractivity contribution < 1.29 is 17.6 Å². The van der Waals surface area contributed by atoms with E-state index in [1.807, 2.05) is 12.1 Å². The molecular weight excluding hydrogens is 441 g/mol. The average Bonchev–Trinajstić information content (AvgIpc) is 2.82. The van der Waals surface area contributed by atoms with Crippen molar-refractivity contribution in [3.8, 4) is 0 Å². The number of hydrogen-bond donors (Lipinski definition) is 1. The van der Waals surface area contributed by atoms with Crippen molar-refractivity contribution in [3.63, 3.8) is 0 Å². The molecule has 1 fully saturated rings. The molecule has 0 radical (unpaired) electrons. The number of halogens is 1. The Morgan fingerprint density at radius 3 is 2.18 bits per heavy atom. The first-order chi connectivity index (χ1) is 15.8. The standard InChI is InChI=1S/C25H26FN3O3S/c1-19-4-2-3-5-21(19)18-28-14-16-29(17-15-28)25(30)20-6-12-24(13-7-20)33(31,32)27-23-10-8-22(26)9-11-23/h2-13,27H,14-18H2,1H3. The number of anilines is 1. The van der Waals surface area contributed by atoms with Gasteiger partial charge in [0.2, 0.25) is 0 Å². The second-order valence-corrected chi connectivity index (χ2v) is 9.81. The van der Waals surface area contributed by atoms with Gasteiger partial charge in [-0.25, -0.2) is 12.8 Å². The van der Waals surface area contributed by atoms with Gasteiger partial charge in [-0.05, 0) is 66.6 Å². The molecule has 0 unspecified atom stereocenters. The normalized spacial score (nSPS) is 14.8. The molecule has 1 heterocycles. The summed E-state index contributed by atoms with van der Waals surface area (Å²) >= 11 is 0. The van der Waals surface area contributed by atoms with Gasteiger partial charge < -0.3 is 4.90 Å². The number of rotatable bonds is 6. The van der Waals surface area contributed by atoms with Crippen LogP contribution in [0.1, 0.15) is 21.5 Å². The highest BCUT2D eigenvalue weighted by Crippen LogP contribution is 2.19. The van der Waals surface area contributed by atoms with Crippen LogP contribution in [-0.2, 0) is 16.6 Å². The van der Waals surface area contributed by atoms with Crippen LogP contribution in [0, 0.1) is 12.7 Å². The SMILES string of the molecule is Cc1ccccc1CN1CCN(C(=O)c2ccc(S(=O)(=O)Nc3ccc(F)cc3)cc2)CC1. The summed E-state index contributed by atoms with van der Waals surface area (Å²) in [4.78, 5) is 17.1. The summed E-state index contributed by atoms with van der Waals surface area (Å²) in [7, 11) is -3.84. The number of aryl methyl sites for hydroxylation is 1. The van der Waals surface area contributed by atoms with Crippen molar-refractivity contribution in [1.29, 1.82) is 0 Å². The van der Waals surface area contributed by atoms with Crippen LogP contribution < -0.4 is 4.72 Å². The molecule has 3 aromatic rings. The van der Waals surface area contributed by atoms with Crippen LogP contribution in [0.15, 0.2) is 77.7 Å². The maximum absolute atomic E-state index is 13.0. The molecule has 1 saturated heterocycles. The van der Waals surface area contributed by atoms with Crippen LogP contribution >= 0.6 is 0 Å². The number of nitrogens with one attached hydrogen (secondary N) is 1. The van der Waals surface area contributed by atoms with E-state index in [4.69, 9.17) is 0 Å². The number of nitrogens with zero attached hydrogens (tertiary/aromatic N) is 2. The van der Waals surface area contributed by atoms with Crippen LogP contribution in [0.3, 0.4) is 0 Å². The zero-order valence-corrected chi connectivity index (χ0v) is 19.2. The minimum absolute atomic E-state index is 0.0337. The second kappa shape index (κ2) is 9.72. The molecule has 3 aromatic carbocycles. The Morgan fingerprint density at radius 2 is 1.55 bits per heavy atom. The maximum atomic E-state index is 13.0. The van der Waals surface area contributed by atoms with E-state index < -0.39 is 15.8 Å². The van der Waals surface area contributed by atoms with Crippen molar-refractivity contribution >= 4 is 21.6 Å². The van der Waals surface area contributed by atoms with Crippen LogP contribution in [-0.4, -0.2) is 50.3 Å². The zero-order chi connectivity index (χ0) is 23.4. The molecule has 0 bridgehead atoms. The molecule has 172 valence electrons. The lowest BCUT2D eigenvalue weighted by Gasteiger charge is -2.35. The average molecular weight is 468 g/mol. The third-order valence-electron chi connectivity index (χ3n) is 5.82. The van der Waals surface area contributed by atoms with Crippen LogP contribution in [0.2, 0.25) is 0 Å². The Labute approximate surface area is 193 Å². The van der Waals surface area contributed by atoms with Crippen LogP contribution in [0.25, 0.3) is 0 Å². The van der Waals surface area contributed by atoms with E-state index in [1.54, 1.807) is 4.90 Å². The van der Waals surface area contributed by atoms with Crippen LogP contribution in [0.4, 0.5) is 10.1 Å². The number of benzene rings is 3. The summed E-state index contributed by atoms with van der Waals surface area (Å²) in [5.74, 6) is -0.558. The lowest BCUT2D eigenvalue weighted by Crippen LogP contribution is -2.48. The van der Waals surface area contributed by atoms with E-state index in [1.165, 1.54) is 59.7 Å². The Morgan fingerprint density at radius 1 is 0.909 bits per heavy atom. The monoisotopic (exact) mass is 467 g/mol. The molecule has 1 amide bonds. The maximum Gasteiger partial charge on any atom is 0.261 e. The highest BCUT2D eigenvalue weighted by molar-refractivity contribution is 7.92. The quantitative estimate of drug-likeness (QED) is 0.597. The van der Waals surface area contributed by atoms with E-state index in [9.17, 15) is 17.6 Å². The van der Waals surface area contributed by atoms with Crippen molar-refractivity contribution in [3.05, 3.63) is 95.3 Å². The summed E-state index contributed by atoms with van der Waals surface area (Å²) < 4.78 is 40.6. The molecule has 0 aromatic heterocycles. The van der Waals surface area contributed by atoms with Gasteiger partial charge in [-0.3, -0.25) is 14.4 Å². The molecule has 1 aliphatic rings. The minimum atomic E-state index is -3.84. The summed E-state index contributed by atoms with van der Waals surface area (Å²) in [6.07, 6.45) is 0. The molecule has 1 aliphatic heterocycles. The number of hydrogen-bond acceptors (Lipinski definition) is 4. The van der Waals surface area contributed by atoms with Gasteiger partial charge in [-0.1, -0.05) is 24.3 Å². The third-order valence-corrected chi connectivity index (χ3v) is 7.22. The molecular formula is C25H26FN3O3S. The van der Waals surface area contributed by atoms with E-state index in [0.29, 0.717) is 18.7 Å². The first-order valence-corrected chi connectivity index (χ1v) is 12.2. The molecule has 8 heteroatoms.